The number of ether oxygens (including phenoxy) is 2. The van der Waals surface area contributed by atoms with Crippen molar-refractivity contribution >= 4 is 35.2 Å². The summed E-state index contributed by atoms with van der Waals surface area (Å²) in [6, 6.07) is 19.9. The fourth-order valence-electron chi connectivity index (χ4n) is 2.91. The maximum absolute atomic E-state index is 12.6. The molecule has 0 saturated carbocycles. The number of nitrogens with one attached hydrogen (secondary N) is 1. The smallest absolute Gasteiger partial charge is 0.335 e. The van der Waals surface area contributed by atoms with E-state index in [1.165, 1.54) is 37.5 Å². The van der Waals surface area contributed by atoms with Crippen molar-refractivity contribution < 1.29 is 24.2 Å². The van der Waals surface area contributed by atoms with Crippen LogP contribution in [0.15, 0.2) is 72.3 Å². The van der Waals surface area contributed by atoms with Crippen LogP contribution in [0.5, 0.6) is 11.5 Å². The third-order valence-electron chi connectivity index (χ3n) is 4.57. The summed E-state index contributed by atoms with van der Waals surface area (Å²) in [6.45, 7) is 0.203. The lowest BCUT2D eigenvalue weighted by Crippen LogP contribution is -2.14. The van der Waals surface area contributed by atoms with Gasteiger partial charge in [0.15, 0.2) is 11.5 Å². The van der Waals surface area contributed by atoms with Gasteiger partial charge in [-0.15, -0.1) is 0 Å². The van der Waals surface area contributed by atoms with E-state index in [0.29, 0.717) is 22.1 Å². The number of carboxylic acids is 1. The Morgan fingerprint density at radius 1 is 1.09 bits per heavy atom. The van der Waals surface area contributed by atoms with Gasteiger partial charge >= 0.3 is 5.97 Å². The van der Waals surface area contributed by atoms with Crippen molar-refractivity contribution in [2.75, 3.05) is 12.4 Å². The molecule has 2 N–H and O–H groups in total. The number of rotatable bonds is 8. The van der Waals surface area contributed by atoms with Crippen molar-refractivity contribution in [2.24, 2.45) is 0 Å². The summed E-state index contributed by atoms with van der Waals surface area (Å²) in [5.74, 6) is -0.898. The lowest BCUT2D eigenvalue weighted by molar-refractivity contribution is -0.112. The molecule has 166 valence electrons. The number of aromatic carboxylic acids is 1. The molecule has 0 fully saturated rings. The molecule has 33 heavy (non-hydrogen) atoms. The second-order valence-electron chi connectivity index (χ2n) is 6.80. The molecule has 0 spiro atoms. The Morgan fingerprint density at radius 3 is 2.58 bits per heavy atom. The first-order valence-electron chi connectivity index (χ1n) is 9.72. The van der Waals surface area contributed by atoms with E-state index in [1.807, 2.05) is 24.3 Å². The lowest BCUT2D eigenvalue weighted by atomic mass is 10.1. The van der Waals surface area contributed by atoms with Gasteiger partial charge in [0.25, 0.3) is 5.91 Å². The highest BCUT2D eigenvalue weighted by Crippen LogP contribution is 2.30. The van der Waals surface area contributed by atoms with Crippen molar-refractivity contribution in [3.63, 3.8) is 0 Å². The van der Waals surface area contributed by atoms with Crippen LogP contribution in [0.1, 0.15) is 21.5 Å². The second-order valence-corrected chi connectivity index (χ2v) is 7.21. The quantitative estimate of drug-likeness (QED) is 0.353. The first-order valence-corrected chi connectivity index (χ1v) is 10.1. The molecular weight excluding hydrogens is 444 g/mol. The number of carbonyl (C=O) groups excluding carboxylic acids is 1. The van der Waals surface area contributed by atoms with Crippen LogP contribution in [-0.2, 0) is 11.4 Å². The fourth-order valence-corrected chi connectivity index (χ4v) is 3.10. The number of methoxy groups -OCH3 is 1. The maximum atomic E-state index is 12.6. The largest absolute Gasteiger partial charge is 0.493 e. The first kappa shape index (κ1) is 23.4. The molecule has 0 aliphatic rings. The molecule has 7 nitrogen and oxygen atoms in total. The van der Waals surface area contributed by atoms with Gasteiger partial charge < -0.3 is 19.9 Å². The average molecular weight is 463 g/mol. The van der Waals surface area contributed by atoms with Crippen LogP contribution in [-0.4, -0.2) is 24.1 Å². The molecule has 0 aliphatic carbocycles. The zero-order chi connectivity index (χ0) is 23.8. The van der Waals surface area contributed by atoms with Gasteiger partial charge in [-0.2, -0.15) is 5.26 Å². The number of nitrogens with zero attached hydrogens (tertiary/aromatic N) is 1. The highest BCUT2D eigenvalue weighted by atomic mass is 35.5. The molecular formula is C25H19ClN2O5. The summed E-state index contributed by atoms with van der Waals surface area (Å²) in [7, 11) is 1.51. The number of carbonyl (C=O) groups is 2. The normalized spacial score (nSPS) is 10.8. The van der Waals surface area contributed by atoms with Crippen molar-refractivity contribution in [3.05, 3.63) is 94.0 Å². The van der Waals surface area contributed by atoms with Crippen molar-refractivity contribution in [1.29, 1.82) is 5.26 Å². The summed E-state index contributed by atoms with van der Waals surface area (Å²) in [5.41, 5.74) is 1.45. The summed E-state index contributed by atoms with van der Waals surface area (Å²) in [5, 5.41) is 21.7. The maximum Gasteiger partial charge on any atom is 0.335 e. The third-order valence-corrected chi connectivity index (χ3v) is 4.94. The molecule has 0 aromatic heterocycles. The van der Waals surface area contributed by atoms with Crippen LogP contribution in [0.2, 0.25) is 5.02 Å². The molecule has 0 radical (unpaired) electrons. The minimum atomic E-state index is -1.12. The Labute approximate surface area is 195 Å². The number of anilines is 1. The average Bonchev–Trinajstić information content (AvgIpc) is 2.82. The number of halogens is 1. The molecule has 0 unspecified atom stereocenters. The second kappa shape index (κ2) is 10.8. The Bertz CT molecular complexity index is 1260. The molecule has 3 aromatic rings. The van der Waals surface area contributed by atoms with Gasteiger partial charge in [0, 0.05) is 16.3 Å². The van der Waals surface area contributed by atoms with E-state index in [4.69, 9.17) is 26.2 Å². The summed E-state index contributed by atoms with van der Waals surface area (Å²) in [6.07, 6.45) is 1.40. The number of nitriles is 1. The Hall–Kier alpha value is -4.28. The van der Waals surface area contributed by atoms with Crippen molar-refractivity contribution in [2.45, 2.75) is 6.61 Å². The van der Waals surface area contributed by atoms with E-state index >= 15 is 0 Å². The van der Waals surface area contributed by atoms with E-state index < -0.39 is 11.9 Å². The molecule has 3 rings (SSSR count). The number of benzene rings is 3. The molecule has 0 atom stereocenters. The molecule has 0 aliphatic heterocycles. The Balaban J connectivity index is 1.81. The van der Waals surface area contributed by atoms with Gasteiger partial charge in [0.2, 0.25) is 0 Å². The minimum Gasteiger partial charge on any atom is -0.493 e. The third kappa shape index (κ3) is 6.12. The monoisotopic (exact) mass is 462 g/mol. The summed E-state index contributed by atoms with van der Waals surface area (Å²) < 4.78 is 11.2. The van der Waals surface area contributed by atoms with Gasteiger partial charge in [-0.1, -0.05) is 41.9 Å². The van der Waals surface area contributed by atoms with Crippen LogP contribution in [0.25, 0.3) is 6.08 Å². The zero-order valence-corrected chi connectivity index (χ0v) is 18.3. The van der Waals surface area contributed by atoms with Crippen LogP contribution in [0.3, 0.4) is 0 Å². The lowest BCUT2D eigenvalue weighted by Gasteiger charge is -2.12. The molecule has 8 heteroatoms. The van der Waals surface area contributed by atoms with Gasteiger partial charge in [0.1, 0.15) is 18.2 Å². The molecule has 3 aromatic carbocycles. The highest BCUT2D eigenvalue weighted by Gasteiger charge is 2.13. The number of hydrogen-bond donors (Lipinski definition) is 2. The number of amides is 1. The minimum absolute atomic E-state index is 0.0192. The Morgan fingerprint density at radius 2 is 1.88 bits per heavy atom. The summed E-state index contributed by atoms with van der Waals surface area (Å²) in [4.78, 5) is 23.7. The number of hydrogen-bond acceptors (Lipinski definition) is 5. The van der Waals surface area contributed by atoms with Crippen LogP contribution >= 0.6 is 11.6 Å². The topological polar surface area (TPSA) is 109 Å². The van der Waals surface area contributed by atoms with E-state index in [-0.39, 0.29) is 23.4 Å². The predicted octanol–water partition coefficient (Wildman–Crippen LogP) is 5.17. The van der Waals surface area contributed by atoms with Crippen molar-refractivity contribution in [3.8, 4) is 17.6 Å². The molecule has 0 heterocycles. The fraction of sp³-hybridized carbons (Fsp3) is 0.0800. The SMILES string of the molecule is COc1ccc(/C=C(\C#N)C(=O)Nc2cccc(C(=O)O)c2)cc1OCc1ccccc1Cl. The van der Waals surface area contributed by atoms with Gasteiger partial charge in [-0.25, -0.2) is 4.79 Å². The molecule has 1 amide bonds. The zero-order valence-electron chi connectivity index (χ0n) is 17.5. The van der Waals surface area contributed by atoms with E-state index in [1.54, 1.807) is 24.3 Å². The number of carboxylic acid groups (broad SMARTS) is 1. The van der Waals surface area contributed by atoms with Crippen molar-refractivity contribution in [1.82, 2.24) is 0 Å². The predicted molar refractivity (Wildman–Crippen MR) is 124 cm³/mol. The van der Waals surface area contributed by atoms with Crippen LogP contribution in [0.4, 0.5) is 5.69 Å². The van der Waals surface area contributed by atoms with E-state index in [0.717, 1.165) is 5.56 Å². The van der Waals surface area contributed by atoms with Gasteiger partial charge in [-0.3, -0.25) is 4.79 Å². The van der Waals surface area contributed by atoms with Crippen LogP contribution < -0.4 is 14.8 Å². The van der Waals surface area contributed by atoms with E-state index in [9.17, 15) is 14.9 Å². The van der Waals surface area contributed by atoms with E-state index in [2.05, 4.69) is 5.32 Å². The standard InChI is InChI=1S/C25H19ClN2O5/c1-32-22-10-9-16(12-23(22)33-15-18-5-2-3-8-21(18)26)11-19(14-27)24(29)28-20-7-4-6-17(13-20)25(30)31/h2-13H,15H2,1H3,(H,28,29)(H,30,31)/b19-11+. The van der Waals surface area contributed by atoms with Crippen LogP contribution in [0, 0.1) is 11.3 Å². The summed E-state index contributed by atoms with van der Waals surface area (Å²) >= 11 is 6.18. The Kier molecular flexibility index (Phi) is 7.68. The van der Waals surface area contributed by atoms with Gasteiger partial charge in [-0.05, 0) is 48.0 Å². The highest BCUT2D eigenvalue weighted by molar-refractivity contribution is 6.31. The first-order chi connectivity index (χ1) is 15.9. The molecule has 0 bridgehead atoms. The molecule has 0 saturated heterocycles. The van der Waals surface area contributed by atoms with Gasteiger partial charge in [0.05, 0.1) is 12.7 Å².